The molecular formula is C19H23ClIN7. The van der Waals surface area contributed by atoms with E-state index in [4.69, 9.17) is 11.6 Å². The molecule has 28 heavy (non-hydrogen) atoms. The number of guanidine groups is 1. The number of nitrogens with zero attached hydrogens (tertiary/aromatic N) is 5. The Kier molecular flexibility index (Phi) is 9.15. The van der Waals surface area contributed by atoms with E-state index in [2.05, 4.69) is 30.7 Å². The van der Waals surface area contributed by atoms with Crippen molar-refractivity contribution in [3.8, 4) is 5.82 Å². The molecule has 0 aliphatic heterocycles. The fourth-order valence-electron chi connectivity index (χ4n) is 2.48. The maximum Gasteiger partial charge on any atom is 0.191 e. The quantitative estimate of drug-likeness (QED) is 0.220. The second-order valence-electron chi connectivity index (χ2n) is 5.83. The van der Waals surface area contributed by atoms with Crippen molar-refractivity contribution in [2.75, 3.05) is 13.1 Å². The highest BCUT2D eigenvalue weighted by atomic mass is 127. The fraction of sp³-hybridized carbons (Fsp3) is 0.263. The molecule has 0 unspecified atom stereocenters. The van der Waals surface area contributed by atoms with Crippen molar-refractivity contribution in [3.63, 3.8) is 0 Å². The van der Waals surface area contributed by atoms with Gasteiger partial charge in [0.1, 0.15) is 5.15 Å². The molecule has 0 saturated heterocycles. The van der Waals surface area contributed by atoms with E-state index in [1.807, 2.05) is 37.4 Å². The number of hydrogen-bond donors (Lipinski definition) is 2. The van der Waals surface area contributed by atoms with Crippen molar-refractivity contribution in [2.24, 2.45) is 4.99 Å². The van der Waals surface area contributed by atoms with Gasteiger partial charge in [-0.1, -0.05) is 17.7 Å². The van der Waals surface area contributed by atoms with Crippen molar-refractivity contribution < 1.29 is 0 Å². The van der Waals surface area contributed by atoms with Gasteiger partial charge in [-0.15, -0.1) is 24.0 Å². The third-order valence-electron chi connectivity index (χ3n) is 3.81. The molecule has 0 spiro atoms. The van der Waals surface area contributed by atoms with Crippen molar-refractivity contribution in [3.05, 3.63) is 71.4 Å². The fourth-order valence-corrected chi connectivity index (χ4v) is 2.59. The van der Waals surface area contributed by atoms with Gasteiger partial charge in [-0.25, -0.2) is 19.6 Å². The van der Waals surface area contributed by atoms with Gasteiger partial charge in [0, 0.05) is 37.9 Å². The predicted molar refractivity (Wildman–Crippen MR) is 123 cm³/mol. The van der Waals surface area contributed by atoms with E-state index in [0.717, 1.165) is 42.4 Å². The Morgan fingerprint density at radius 1 is 1.14 bits per heavy atom. The number of aromatic nitrogens is 4. The van der Waals surface area contributed by atoms with E-state index in [1.165, 1.54) is 0 Å². The van der Waals surface area contributed by atoms with Crippen molar-refractivity contribution in [1.82, 2.24) is 30.4 Å². The van der Waals surface area contributed by atoms with E-state index in [1.54, 1.807) is 29.3 Å². The Balaban J connectivity index is 0.00000280. The van der Waals surface area contributed by atoms with Crippen LogP contribution in [0.15, 0.2) is 60.1 Å². The first-order valence-corrected chi connectivity index (χ1v) is 9.20. The molecule has 9 heteroatoms. The Hall–Kier alpha value is -2.20. The molecule has 0 aromatic carbocycles. The second-order valence-corrected chi connectivity index (χ2v) is 6.22. The lowest BCUT2D eigenvalue weighted by molar-refractivity contribution is 0.796. The highest BCUT2D eigenvalue weighted by Gasteiger charge is 2.02. The van der Waals surface area contributed by atoms with E-state index in [0.29, 0.717) is 11.7 Å². The van der Waals surface area contributed by atoms with Gasteiger partial charge < -0.3 is 10.6 Å². The lowest BCUT2D eigenvalue weighted by Crippen LogP contribution is -2.38. The summed E-state index contributed by atoms with van der Waals surface area (Å²) in [6.45, 7) is 4.14. The smallest absolute Gasteiger partial charge is 0.191 e. The monoisotopic (exact) mass is 511 g/mol. The van der Waals surface area contributed by atoms with Crippen LogP contribution < -0.4 is 10.6 Å². The number of halogens is 2. The normalized spacial score (nSPS) is 11.0. The van der Waals surface area contributed by atoms with Crippen LogP contribution in [-0.2, 0) is 13.0 Å². The van der Waals surface area contributed by atoms with Crippen LogP contribution in [-0.4, -0.2) is 38.8 Å². The van der Waals surface area contributed by atoms with Crippen LogP contribution in [0.1, 0.15) is 18.1 Å². The minimum atomic E-state index is 0. The first-order valence-electron chi connectivity index (χ1n) is 8.82. The number of rotatable bonds is 7. The van der Waals surface area contributed by atoms with Gasteiger partial charge in [0.15, 0.2) is 11.8 Å². The zero-order valence-electron chi connectivity index (χ0n) is 15.5. The van der Waals surface area contributed by atoms with Gasteiger partial charge in [-0.2, -0.15) is 5.10 Å². The average molecular weight is 512 g/mol. The molecular weight excluding hydrogens is 489 g/mol. The predicted octanol–water partition coefficient (Wildman–Crippen LogP) is 3.23. The summed E-state index contributed by atoms with van der Waals surface area (Å²) >= 11 is 5.81. The first kappa shape index (κ1) is 22.1. The van der Waals surface area contributed by atoms with Gasteiger partial charge in [0.25, 0.3) is 0 Å². The molecule has 7 nitrogen and oxygen atoms in total. The summed E-state index contributed by atoms with van der Waals surface area (Å²) in [5, 5.41) is 11.3. The lowest BCUT2D eigenvalue weighted by atomic mass is 10.2. The number of aliphatic imine (C=N–C) groups is 1. The van der Waals surface area contributed by atoms with Crippen molar-refractivity contribution in [1.29, 1.82) is 0 Å². The third kappa shape index (κ3) is 6.75. The Morgan fingerprint density at radius 3 is 2.75 bits per heavy atom. The number of hydrogen-bond acceptors (Lipinski definition) is 4. The van der Waals surface area contributed by atoms with Crippen LogP contribution >= 0.6 is 35.6 Å². The molecule has 0 bridgehead atoms. The highest BCUT2D eigenvalue weighted by Crippen LogP contribution is 2.08. The zero-order valence-corrected chi connectivity index (χ0v) is 18.6. The maximum atomic E-state index is 5.81. The molecule has 148 valence electrons. The minimum absolute atomic E-state index is 0. The molecule has 2 N–H and O–H groups in total. The molecule has 0 saturated carbocycles. The third-order valence-corrected chi connectivity index (χ3v) is 4.03. The SMILES string of the molecule is CCNC(=NCc1ccnc(-n2cccn2)c1)NCCc1ccc(Cl)nc1.I. The molecule has 0 atom stereocenters. The highest BCUT2D eigenvalue weighted by molar-refractivity contribution is 14.0. The molecule has 0 amide bonds. The minimum Gasteiger partial charge on any atom is -0.357 e. The molecule has 3 heterocycles. The van der Waals surface area contributed by atoms with E-state index >= 15 is 0 Å². The molecule has 0 aliphatic rings. The van der Waals surface area contributed by atoms with Crippen molar-refractivity contribution >= 4 is 41.5 Å². The lowest BCUT2D eigenvalue weighted by Gasteiger charge is -2.11. The van der Waals surface area contributed by atoms with Gasteiger partial charge >= 0.3 is 0 Å². The van der Waals surface area contributed by atoms with Gasteiger partial charge in [-0.3, -0.25) is 0 Å². The summed E-state index contributed by atoms with van der Waals surface area (Å²) in [5.74, 6) is 1.55. The van der Waals surface area contributed by atoms with Gasteiger partial charge in [0.2, 0.25) is 0 Å². The molecule has 0 fully saturated rings. The second kappa shape index (κ2) is 11.6. The summed E-state index contributed by atoms with van der Waals surface area (Å²) in [6.07, 6.45) is 8.01. The molecule has 0 radical (unpaired) electrons. The Labute approximate surface area is 186 Å². The summed E-state index contributed by atoms with van der Waals surface area (Å²) in [5.41, 5.74) is 2.19. The largest absolute Gasteiger partial charge is 0.357 e. The summed E-state index contributed by atoms with van der Waals surface area (Å²) < 4.78 is 1.73. The average Bonchev–Trinajstić information content (AvgIpc) is 3.23. The Bertz CT molecular complexity index is 866. The van der Waals surface area contributed by atoms with Crippen LogP contribution in [0.3, 0.4) is 0 Å². The first-order chi connectivity index (χ1) is 13.2. The van der Waals surface area contributed by atoms with Crippen LogP contribution in [0, 0.1) is 0 Å². The van der Waals surface area contributed by atoms with Gasteiger partial charge in [-0.05, 0) is 48.7 Å². The summed E-state index contributed by atoms with van der Waals surface area (Å²) in [7, 11) is 0. The van der Waals surface area contributed by atoms with Crippen LogP contribution in [0.5, 0.6) is 0 Å². The van der Waals surface area contributed by atoms with Crippen LogP contribution in [0.4, 0.5) is 0 Å². The Morgan fingerprint density at radius 2 is 2.04 bits per heavy atom. The van der Waals surface area contributed by atoms with Crippen molar-refractivity contribution in [2.45, 2.75) is 19.9 Å². The molecule has 3 rings (SSSR count). The van der Waals surface area contributed by atoms with E-state index in [-0.39, 0.29) is 24.0 Å². The van der Waals surface area contributed by atoms with E-state index < -0.39 is 0 Å². The van der Waals surface area contributed by atoms with Crippen LogP contribution in [0.2, 0.25) is 5.15 Å². The zero-order chi connectivity index (χ0) is 18.9. The molecule has 3 aromatic heterocycles. The number of nitrogens with one attached hydrogen (secondary N) is 2. The molecule has 3 aromatic rings. The van der Waals surface area contributed by atoms with E-state index in [9.17, 15) is 0 Å². The maximum absolute atomic E-state index is 5.81. The standard InChI is InChI=1S/C19H22ClN7.HI/c1-2-21-19(23-10-6-15-4-5-17(20)24-13-15)25-14-16-7-9-22-18(12-16)27-11-3-8-26-27;/h3-5,7-9,11-13H,2,6,10,14H2,1H3,(H2,21,23,25);1H. The molecule has 0 aliphatic carbocycles. The number of pyridine rings is 2. The summed E-state index contributed by atoms with van der Waals surface area (Å²) in [4.78, 5) is 13.1. The topological polar surface area (TPSA) is 80.0 Å². The van der Waals surface area contributed by atoms with Gasteiger partial charge in [0.05, 0.1) is 6.54 Å². The van der Waals surface area contributed by atoms with Crippen LogP contribution in [0.25, 0.3) is 5.82 Å². The summed E-state index contributed by atoms with van der Waals surface area (Å²) in [6, 6.07) is 9.60.